The van der Waals surface area contributed by atoms with Crippen LogP contribution in [-0.4, -0.2) is 48.6 Å². The third-order valence-electron chi connectivity index (χ3n) is 5.98. The van der Waals surface area contributed by atoms with Gasteiger partial charge in [0.25, 0.3) is 0 Å². The van der Waals surface area contributed by atoms with Crippen LogP contribution in [0.15, 0.2) is 30.6 Å². The number of benzene rings is 1. The zero-order valence-corrected chi connectivity index (χ0v) is 18.4. The second-order valence-corrected chi connectivity index (χ2v) is 8.15. The summed E-state index contributed by atoms with van der Waals surface area (Å²) < 4.78 is 13.3. The molecule has 2 fully saturated rings. The smallest absolute Gasteiger partial charge is 0.229 e. The fraction of sp³-hybridized carbons (Fsp3) is 0.545. The molecule has 8 heteroatoms. The van der Waals surface area contributed by atoms with Gasteiger partial charge in [-0.25, -0.2) is 0 Å². The lowest BCUT2D eigenvalue weighted by molar-refractivity contribution is -0.119. The maximum atomic E-state index is 13.0. The maximum absolute atomic E-state index is 13.0. The first kappa shape index (κ1) is 22.6. The molecule has 4 rings (SSSR count). The van der Waals surface area contributed by atoms with Crippen LogP contribution in [0.2, 0.25) is 0 Å². The fourth-order valence-corrected chi connectivity index (χ4v) is 4.13. The molecule has 0 unspecified atom stereocenters. The van der Waals surface area contributed by atoms with E-state index >= 15 is 0 Å². The molecule has 1 aromatic heterocycles. The Kier molecular flexibility index (Phi) is 7.75. The van der Waals surface area contributed by atoms with Gasteiger partial charge in [-0.2, -0.15) is 5.10 Å². The van der Waals surface area contributed by atoms with Gasteiger partial charge in [0, 0.05) is 57.2 Å². The standard InChI is InChI=1S/C22H30N4O3.ClH/c1-15-3-4-18(9-21(15)29-14-16-5-7-28-8-6-16)25-22(27)20-12-23-11-19(20)17-10-24-26(2)13-17;/h3-4,9-10,13,16,19-20,23H,5-8,11-12,14H2,1-2H3,(H,25,27);1H/t19-,20+;/m1./s1. The highest BCUT2D eigenvalue weighted by molar-refractivity contribution is 5.93. The predicted octanol–water partition coefficient (Wildman–Crippen LogP) is 2.90. The molecule has 164 valence electrons. The van der Waals surface area contributed by atoms with E-state index in [2.05, 4.69) is 15.7 Å². The van der Waals surface area contributed by atoms with E-state index in [1.165, 1.54) is 0 Å². The largest absolute Gasteiger partial charge is 0.493 e. The fourth-order valence-electron chi connectivity index (χ4n) is 4.13. The van der Waals surface area contributed by atoms with Crippen LogP contribution < -0.4 is 15.4 Å². The Morgan fingerprint density at radius 1 is 1.33 bits per heavy atom. The first-order chi connectivity index (χ1) is 14.1. The summed E-state index contributed by atoms with van der Waals surface area (Å²) in [7, 11) is 1.90. The van der Waals surface area contributed by atoms with E-state index in [0.717, 1.165) is 55.2 Å². The molecule has 0 aliphatic carbocycles. The molecule has 2 aromatic rings. The number of amides is 1. The summed E-state index contributed by atoms with van der Waals surface area (Å²) in [6.45, 7) is 5.82. The number of rotatable bonds is 6. The number of carbonyl (C=O) groups excluding carboxylic acids is 1. The van der Waals surface area contributed by atoms with E-state index < -0.39 is 0 Å². The van der Waals surface area contributed by atoms with Crippen molar-refractivity contribution in [2.24, 2.45) is 18.9 Å². The van der Waals surface area contributed by atoms with E-state index in [-0.39, 0.29) is 30.2 Å². The number of ether oxygens (including phenoxy) is 2. The van der Waals surface area contributed by atoms with Crippen molar-refractivity contribution in [2.45, 2.75) is 25.7 Å². The molecule has 1 aromatic carbocycles. The van der Waals surface area contributed by atoms with Crippen LogP contribution in [0.1, 0.15) is 29.9 Å². The molecule has 0 radical (unpaired) electrons. The molecule has 0 saturated carbocycles. The molecule has 2 aliphatic rings. The summed E-state index contributed by atoms with van der Waals surface area (Å²) in [4.78, 5) is 13.0. The molecule has 2 saturated heterocycles. The predicted molar refractivity (Wildman–Crippen MR) is 118 cm³/mol. The number of aryl methyl sites for hydroxylation is 2. The Morgan fingerprint density at radius 3 is 2.87 bits per heavy atom. The highest BCUT2D eigenvalue weighted by atomic mass is 35.5. The number of nitrogens with zero attached hydrogens (tertiary/aromatic N) is 2. The lowest BCUT2D eigenvalue weighted by atomic mass is 9.90. The molecule has 7 nitrogen and oxygen atoms in total. The molecule has 30 heavy (non-hydrogen) atoms. The molecule has 3 heterocycles. The van der Waals surface area contributed by atoms with Gasteiger partial charge in [0.1, 0.15) is 5.75 Å². The Hall–Kier alpha value is -2.09. The van der Waals surface area contributed by atoms with E-state index in [9.17, 15) is 4.79 Å². The lowest BCUT2D eigenvalue weighted by Gasteiger charge is -2.23. The van der Waals surface area contributed by atoms with Crippen LogP contribution in [0.5, 0.6) is 5.75 Å². The molecule has 0 spiro atoms. The second-order valence-electron chi connectivity index (χ2n) is 8.15. The van der Waals surface area contributed by atoms with Crippen molar-refractivity contribution in [1.82, 2.24) is 15.1 Å². The van der Waals surface area contributed by atoms with Crippen molar-refractivity contribution in [3.63, 3.8) is 0 Å². The van der Waals surface area contributed by atoms with Gasteiger partial charge in [0.15, 0.2) is 0 Å². The van der Waals surface area contributed by atoms with Crippen molar-refractivity contribution >= 4 is 24.0 Å². The Labute approximate surface area is 183 Å². The number of hydrogen-bond acceptors (Lipinski definition) is 5. The molecular weight excluding hydrogens is 404 g/mol. The molecule has 2 N–H and O–H groups in total. The van der Waals surface area contributed by atoms with Gasteiger partial charge in [-0.1, -0.05) is 6.07 Å². The van der Waals surface area contributed by atoms with Gasteiger partial charge in [-0.3, -0.25) is 9.48 Å². The van der Waals surface area contributed by atoms with E-state index in [1.54, 1.807) is 4.68 Å². The average molecular weight is 435 g/mol. The summed E-state index contributed by atoms with van der Waals surface area (Å²) >= 11 is 0. The van der Waals surface area contributed by atoms with Gasteiger partial charge in [-0.15, -0.1) is 12.4 Å². The quantitative estimate of drug-likeness (QED) is 0.731. The summed E-state index contributed by atoms with van der Waals surface area (Å²) in [5.74, 6) is 1.42. The molecule has 0 bridgehead atoms. The van der Waals surface area contributed by atoms with Crippen LogP contribution >= 0.6 is 12.4 Å². The van der Waals surface area contributed by atoms with Gasteiger partial charge >= 0.3 is 0 Å². The van der Waals surface area contributed by atoms with Crippen LogP contribution in [0.25, 0.3) is 0 Å². The van der Waals surface area contributed by atoms with Crippen LogP contribution in [0, 0.1) is 18.8 Å². The van der Waals surface area contributed by atoms with Crippen LogP contribution in [-0.2, 0) is 16.6 Å². The van der Waals surface area contributed by atoms with Crippen LogP contribution in [0.3, 0.4) is 0 Å². The molecule has 1 amide bonds. The van der Waals surface area contributed by atoms with Crippen molar-refractivity contribution in [3.05, 3.63) is 41.7 Å². The number of nitrogens with one attached hydrogen (secondary N) is 2. The monoisotopic (exact) mass is 434 g/mol. The highest BCUT2D eigenvalue weighted by Gasteiger charge is 2.34. The number of aromatic nitrogens is 2. The molecular formula is C22H31ClN4O3. The van der Waals surface area contributed by atoms with E-state index in [1.807, 2.05) is 44.6 Å². The maximum Gasteiger partial charge on any atom is 0.229 e. The summed E-state index contributed by atoms with van der Waals surface area (Å²) in [5.41, 5.74) is 2.95. The topological polar surface area (TPSA) is 77.4 Å². The molecule has 2 aliphatic heterocycles. The summed E-state index contributed by atoms with van der Waals surface area (Å²) in [5, 5.41) is 10.7. The van der Waals surface area contributed by atoms with Crippen molar-refractivity contribution in [3.8, 4) is 5.75 Å². The lowest BCUT2D eigenvalue weighted by Crippen LogP contribution is -2.28. The zero-order chi connectivity index (χ0) is 20.2. The van der Waals surface area contributed by atoms with Crippen molar-refractivity contribution in [2.75, 3.05) is 38.2 Å². The number of hydrogen-bond donors (Lipinski definition) is 2. The molecule has 2 atom stereocenters. The Bertz CT molecular complexity index is 851. The van der Waals surface area contributed by atoms with Gasteiger partial charge < -0.3 is 20.1 Å². The Balaban J connectivity index is 0.00000256. The highest BCUT2D eigenvalue weighted by Crippen LogP contribution is 2.30. The minimum absolute atomic E-state index is 0. The van der Waals surface area contributed by atoms with Gasteiger partial charge in [0.05, 0.1) is 18.7 Å². The Morgan fingerprint density at radius 2 is 2.13 bits per heavy atom. The van der Waals surface area contributed by atoms with Crippen molar-refractivity contribution < 1.29 is 14.3 Å². The third kappa shape index (κ3) is 5.33. The average Bonchev–Trinajstić information content (AvgIpc) is 3.38. The first-order valence-electron chi connectivity index (χ1n) is 10.4. The number of halogens is 1. The summed E-state index contributed by atoms with van der Waals surface area (Å²) in [6.07, 6.45) is 5.93. The van der Waals surface area contributed by atoms with Gasteiger partial charge in [-0.05, 0) is 42.9 Å². The minimum Gasteiger partial charge on any atom is -0.493 e. The van der Waals surface area contributed by atoms with E-state index in [4.69, 9.17) is 9.47 Å². The summed E-state index contributed by atoms with van der Waals surface area (Å²) in [6, 6.07) is 5.88. The van der Waals surface area contributed by atoms with E-state index in [0.29, 0.717) is 19.1 Å². The SMILES string of the molecule is Cc1ccc(NC(=O)[C@H]2CNC[C@@H]2c2cnn(C)c2)cc1OCC1CCOCC1.Cl. The minimum atomic E-state index is -0.118. The zero-order valence-electron chi connectivity index (χ0n) is 17.6. The number of anilines is 1. The third-order valence-corrected chi connectivity index (χ3v) is 5.98. The van der Waals surface area contributed by atoms with Gasteiger partial charge in [0.2, 0.25) is 5.91 Å². The van der Waals surface area contributed by atoms with Crippen molar-refractivity contribution in [1.29, 1.82) is 0 Å². The second kappa shape index (κ2) is 10.3. The van der Waals surface area contributed by atoms with Crippen LogP contribution in [0.4, 0.5) is 5.69 Å². The number of carbonyl (C=O) groups is 1. The normalized spacial score (nSPS) is 21.8. The first-order valence-corrected chi connectivity index (χ1v) is 10.4.